The van der Waals surface area contributed by atoms with Crippen molar-refractivity contribution in [3.63, 3.8) is 0 Å². The lowest BCUT2D eigenvalue weighted by Crippen LogP contribution is -2.36. The molecule has 1 aromatic heterocycles. The summed E-state index contributed by atoms with van der Waals surface area (Å²) in [4.78, 5) is 24.9. The smallest absolute Gasteiger partial charge is 0.271 e. The second-order valence-electron chi connectivity index (χ2n) is 7.25. The van der Waals surface area contributed by atoms with Crippen LogP contribution in [0.2, 0.25) is 5.02 Å². The molecule has 0 spiro atoms. The molecule has 33 heavy (non-hydrogen) atoms. The molecule has 174 valence electrons. The summed E-state index contributed by atoms with van der Waals surface area (Å²) in [6.07, 6.45) is -0.839. The molecule has 1 N–H and O–H groups in total. The van der Waals surface area contributed by atoms with Crippen LogP contribution in [-0.2, 0) is 11.3 Å². The fraction of sp³-hybridized carbons (Fsp3) is 0.292. The third-order valence-corrected chi connectivity index (χ3v) is 5.07. The number of aryl methyl sites for hydroxylation is 1. The van der Waals surface area contributed by atoms with E-state index in [-0.39, 0.29) is 23.9 Å². The summed E-state index contributed by atoms with van der Waals surface area (Å²) in [6, 6.07) is 13.4. The van der Waals surface area contributed by atoms with Crippen molar-refractivity contribution in [1.29, 1.82) is 0 Å². The SMILES string of the molecule is CCOc1ccc(CNC(=O)[C@H](C)Oc2ccc(=O)n(-c3cc(Cl)ccc3C)n2)cc1OC. The molecule has 1 amide bonds. The highest BCUT2D eigenvalue weighted by Gasteiger charge is 2.17. The van der Waals surface area contributed by atoms with Gasteiger partial charge in [-0.1, -0.05) is 23.7 Å². The Bertz CT molecular complexity index is 1190. The second kappa shape index (κ2) is 10.9. The molecular weight excluding hydrogens is 446 g/mol. The van der Waals surface area contributed by atoms with Crippen LogP contribution in [0.3, 0.4) is 0 Å². The van der Waals surface area contributed by atoms with Crippen molar-refractivity contribution in [3.05, 3.63) is 75.0 Å². The molecule has 0 radical (unpaired) electrons. The Morgan fingerprint density at radius 2 is 1.94 bits per heavy atom. The first-order valence-electron chi connectivity index (χ1n) is 10.4. The number of nitrogens with one attached hydrogen (secondary N) is 1. The maximum Gasteiger partial charge on any atom is 0.271 e. The van der Waals surface area contributed by atoms with Crippen molar-refractivity contribution < 1.29 is 19.0 Å². The van der Waals surface area contributed by atoms with Gasteiger partial charge < -0.3 is 19.5 Å². The lowest BCUT2D eigenvalue weighted by Gasteiger charge is -2.16. The van der Waals surface area contributed by atoms with Crippen LogP contribution >= 0.6 is 11.6 Å². The number of aromatic nitrogens is 2. The minimum absolute atomic E-state index is 0.138. The van der Waals surface area contributed by atoms with Gasteiger partial charge in [0.25, 0.3) is 11.5 Å². The monoisotopic (exact) mass is 471 g/mol. The van der Waals surface area contributed by atoms with Crippen molar-refractivity contribution in [2.24, 2.45) is 0 Å². The first-order chi connectivity index (χ1) is 15.8. The zero-order chi connectivity index (χ0) is 24.0. The molecular formula is C24H26ClN3O5. The van der Waals surface area contributed by atoms with E-state index in [1.165, 1.54) is 16.8 Å². The summed E-state index contributed by atoms with van der Waals surface area (Å²) in [7, 11) is 1.56. The van der Waals surface area contributed by atoms with E-state index in [1.54, 1.807) is 38.3 Å². The standard InChI is InChI=1S/C24H26ClN3O5/c1-5-32-20-9-7-17(12-21(20)31-4)14-26-24(30)16(3)33-22-10-11-23(29)28(27-22)19-13-18(25)8-6-15(19)2/h6-13,16H,5,14H2,1-4H3,(H,26,30)/t16-/m0/s1. The number of nitrogens with zero attached hydrogens (tertiary/aromatic N) is 2. The summed E-state index contributed by atoms with van der Waals surface area (Å²) in [5, 5.41) is 7.55. The van der Waals surface area contributed by atoms with Gasteiger partial charge in [0.15, 0.2) is 17.6 Å². The Balaban J connectivity index is 1.68. The molecule has 0 bridgehead atoms. The molecule has 2 aromatic carbocycles. The van der Waals surface area contributed by atoms with Gasteiger partial charge in [-0.25, -0.2) is 0 Å². The van der Waals surface area contributed by atoms with E-state index in [9.17, 15) is 9.59 Å². The zero-order valence-corrected chi connectivity index (χ0v) is 19.7. The highest BCUT2D eigenvalue weighted by atomic mass is 35.5. The van der Waals surface area contributed by atoms with E-state index in [0.717, 1.165) is 11.1 Å². The third-order valence-electron chi connectivity index (χ3n) is 4.84. The number of methoxy groups -OCH3 is 1. The van der Waals surface area contributed by atoms with Gasteiger partial charge in [0.2, 0.25) is 5.88 Å². The number of rotatable bonds is 9. The average Bonchev–Trinajstić information content (AvgIpc) is 2.81. The summed E-state index contributed by atoms with van der Waals surface area (Å²) in [6.45, 7) is 6.16. The van der Waals surface area contributed by atoms with Gasteiger partial charge >= 0.3 is 0 Å². The van der Waals surface area contributed by atoms with Crippen molar-refractivity contribution in [3.8, 4) is 23.1 Å². The van der Waals surface area contributed by atoms with Crippen LogP contribution in [-0.4, -0.2) is 35.5 Å². The maximum atomic E-state index is 12.6. The predicted octanol–water partition coefficient (Wildman–Crippen LogP) is 3.69. The van der Waals surface area contributed by atoms with Crippen LogP contribution in [0, 0.1) is 6.92 Å². The van der Waals surface area contributed by atoms with Crippen LogP contribution in [0.25, 0.3) is 5.69 Å². The van der Waals surface area contributed by atoms with E-state index in [4.69, 9.17) is 25.8 Å². The molecule has 0 saturated heterocycles. The number of benzene rings is 2. The molecule has 0 fully saturated rings. The molecule has 0 aliphatic rings. The number of hydrogen-bond donors (Lipinski definition) is 1. The fourth-order valence-electron chi connectivity index (χ4n) is 3.10. The number of ether oxygens (including phenoxy) is 3. The van der Waals surface area contributed by atoms with E-state index < -0.39 is 6.10 Å². The van der Waals surface area contributed by atoms with E-state index >= 15 is 0 Å². The second-order valence-corrected chi connectivity index (χ2v) is 7.68. The molecule has 1 heterocycles. The van der Waals surface area contributed by atoms with Crippen molar-refractivity contribution in [1.82, 2.24) is 15.1 Å². The van der Waals surface area contributed by atoms with Crippen LogP contribution in [0.4, 0.5) is 0 Å². The van der Waals surface area contributed by atoms with Gasteiger partial charge in [-0.2, -0.15) is 4.68 Å². The number of hydrogen-bond acceptors (Lipinski definition) is 6. The van der Waals surface area contributed by atoms with Crippen molar-refractivity contribution >= 4 is 17.5 Å². The van der Waals surface area contributed by atoms with E-state index in [1.807, 2.05) is 26.0 Å². The minimum Gasteiger partial charge on any atom is -0.493 e. The molecule has 8 nitrogen and oxygen atoms in total. The van der Waals surface area contributed by atoms with Gasteiger partial charge in [0.05, 0.1) is 19.4 Å². The summed E-state index contributed by atoms with van der Waals surface area (Å²) in [5.41, 5.74) is 1.87. The molecule has 9 heteroatoms. The lowest BCUT2D eigenvalue weighted by atomic mass is 10.2. The van der Waals surface area contributed by atoms with Crippen LogP contribution in [0.15, 0.2) is 53.3 Å². The Labute approximate surface area is 197 Å². The fourth-order valence-corrected chi connectivity index (χ4v) is 3.27. The highest BCUT2D eigenvalue weighted by molar-refractivity contribution is 6.30. The summed E-state index contributed by atoms with van der Waals surface area (Å²) in [5.74, 6) is 1.04. The number of halogens is 1. The van der Waals surface area contributed by atoms with Crippen molar-refractivity contribution in [2.45, 2.75) is 33.4 Å². The maximum absolute atomic E-state index is 12.6. The normalized spacial score (nSPS) is 11.5. The molecule has 3 aromatic rings. The third kappa shape index (κ3) is 6.04. The molecule has 1 atom stereocenters. The van der Waals surface area contributed by atoms with Crippen LogP contribution in [0.5, 0.6) is 17.4 Å². The van der Waals surface area contributed by atoms with Gasteiger partial charge in [0, 0.05) is 23.7 Å². The Morgan fingerprint density at radius 3 is 2.67 bits per heavy atom. The molecule has 0 aliphatic heterocycles. The molecule has 3 rings (SSSR count). The average molecular weight is 472 g/mol. The summed E-state index contributed by atoms with van der Waals surface area (Å²) < 4.78 is 17.7. The van der Waals surface area contributed by atoms with Crippen LogP contribution < -0.4 is 25.1 Å². The highest BCUT2D eigenvalue weighted by Crippen LogP contribution is 2.28. The Morgan fingerprint density at radius 1 is 1.15 bits per heavy atom. The van der Waals surface area contributed by atoms with E-state index in [2.05, 4.69) is 10.4 Å². The van der Waals surface area contributed by atoms with Crippen LogP contribution in [0.1, 0.15) is 25.0 Å². The number of carbonyl (C=O) groups excluding carboxylic acids is 1. The lowest BCUT2D eigenvalue weighted by molar-refractivity contribution is -0.127. The Kier molecular flexibility index (Phi) is 7.95. The molecule has 0 saturated carbocycles. The van der Waals surface area contributed by atoms with Gasteiger partial charge in [-0.3, -0.25) is 9.59 Å². The number of amides is 1. The minimum atomic E-state index is -0.839. The largest absolute Gasteiger partial charge is 0.493 e. The van der Waals surface area contributed by atoms with E-state index in [0.29, 0.717) is 28.8 Å². The summed E-state index contributed by atoms with van der Waals surface area (Å²) >= 11 is 6.07. The molecule has 0 aliphatic carbocycles. The topological polar surface area (TPSA) is 91.7 Å². The quantitative estimate of drug-likeness (QED) is 0.511. The predicted molar refractivity (Wildman–Crippen MR) is 126 cm³/mol. The molecule has 0 unspecified atom stereocenters. The first kappa shape index (κ1) is 24.1. The first-order valence-corrected chi connectivity index (χ1v) is 10.8. The van der Waals surface area contributed by atoms with Gasteiger partial charge in [-0.15, -0.1) is 5.10 Å². The van der Waals surface area contributed by atoms with Gasteiger partial charge in [0.1, 0.15) is 0 Å². The zero-order valence-electron chi connectivity index (χ0n) is 18.9. The number of carbonyl (C=O) groups is 1. The van der Waals surface area contributed by atoms with Gasteiger partial charge in [-0.05, 0) is 56.2 Å². The van der Waals surface area contributed by atoms with Crippen molar-refractivity contribution in [2.75, 3.05) is 13.7 Å². The Hall–Kier alpha value is -3.52.